The highest BCUT2D eigenvalue weighted by molar-refractivity contribution is 7.92. The van der Waals surface area contributed by atoms with Crippen LogP contribution in [0.4, 0.5) is 11.4 Å². The van der Waals surface area contributed by atoms with E-state index in [1.807, 2.05) is 20.8 Å². The molecule has 0 spiro atoms. The first kappa shape index (κ1) is 28.5. The average Bonchev–Trinajstić information content (AvgIpc) is 2.92. The largest absolute Gasteiger partial charge is 0.493 e. The van der Waals surface area contributed by atoms with Crippen molar-refractivity contribution >= 4 is 33.2 Å². The molecule has 0 heterocycles. The lowest BCUT2D eigenvalue weighted by Crippen LogP contribution is -2.38. The summed E-state index contributed by atoms with van der Waals surface area (Å²) in [5.74, 6) is -0.208. The van der Waals surface area contributed by atoms with Gasteiger partial charge in [-0.1, -0.05) is 29.8 Å². The van der Waals surface area contributed by atoms with E-state index in [9.17, 15) is 18.0 Å². The second kappa shape index (κ2) is 12.5. The van der Waals surface area contributed by atoms with Crippen molar-refractivity contribution in [3.63, 3.8) is 0 Å². The second-order valence-corrected chi connectivity index (χ2v) is 10.3. The van der Waals surface area contributed by atoms with Crippen LogP contribution in [-0.4, -0.2) is 59.0 Å². The Bertz CT molecular complexity index is 1390. The van der Waals surface area contributed by atoms with Crippen molar-refractivity contribution < 1.29 is 27.5 Å². The number of nitrogens with zero attached hydrogens (tertiary/aromatic N) is 2. The summed E-state index contributed by atoms with van der Waals surface area (Å²) in [6.45, 7) is 6.15. The van der Waals surface area contributed by atoms with Gasteiger partial charge in [0.2, 0.25) is 5.91 Å². The Morgan fingerprint density at radius 3 is 2.11 bits per heavy atom. The number of anilines is 2. The summed E-state index contributed by atoms with van der Waals surface area (Å²) >= 11 is 0. The minimum Gasteiger partial charge on any atom is -0.493 e. The van der Waals surface area contributed by atoms with E-state index >= 15 is 0 Å². The summed E-state index contributed by atoms with van der Waals surface area (Å²) in [7, 11) is -1.33. The van der Waals surface area contributed by atoms with Crippen LogP contribution in [0, 0.1) is 6.92 Å². The van der Waals surface area contributed by atoms with Crippen LogP contribution in [0.3, 0.4) is 0 Å². The van der Waals surface area contributed by atoms with Gasteiger partial charge in [0.05, 0.1) is 36.1 Å². The van der Waals surface area contributed by atoms with Crippen molar-refractivity contribution in [2.45, 2.75) is 25.7 Å². The van der Waals surface area contributed by atoms with Crippen molar-refractivity contribution in [2.75, 3.05) is 43.5 Å². The maximum absolute atomic E-state index is 13.8. The number of nitrogens with one attached hydrogen (secondary N) is 1. The van der Waals surface area contributed by atoms with Crippen LogP contribution < -0.4 is 19.1 Å². The first-order valence-corrected chi connectivity index (χ1v) is 13.6. The van der Waals surface area contributed by atoms with Crippen LogP contribution in [0.25, 0.3) is 0 Å². The van der Waals surface area contributed by atoms with Crippen LogP contribution >= 0.6 is 0 Å². The monoisotopic (exact) mass is 539 g/mol. The number of benzene rings is 3. The van der Waals surface area contributed by atoms with Gasteiger partial charge in [-0.25, -0.2) is 8.42 Å². The molecule has 0 bridgehead atoms. The third kappa shape index (κ3) is 6.25. The molecule has 9 nitrogen and oxygen atoms in total. The highest BCUT2D eigenvalue weighted by atomic mass is 32.2. The van der Waals surface area contributed by atoms with Crippen LogP contribution in [0.5, 0.6) is 11.5 Å². The number of rotatable bonds is 11. The summed E-state index contributed by atoms with van der Waals surface area (Å²) < 4.78 is 39.1. The fraction of sp³-hybridized carbons (Fsp3) is 0.286. The molecule has 202 valence electrons. The Hall–Kier alpha value is -4.05. The first-order valence-electron chi connectivity index (χ1n) is 12.2. The fourth-order valence-corrected chi connectivity index (χ4v) is 5.35. The van der Waals surface area contributed by atoms with Crippen LogP contribution in [0.1, 0.15) is 29.8 Å². The maximum Gasteiger partial charge on any atom is 0.264 e. The molecule has 0 unspecified atom stereocenters. The van der Waals surface area contributed by atoms with Gasteiger partial charge < -0.3 is 19.7 Å². The Kier molecular flexibility index (Phi) is 9.35. The van der Waals surface area contributed by atoms with E-state index in [2.05, 4.69) is 5.32 Å². The van der Waals surface area contributed by atoms with Gasteiger partial charge in [-0.3, -0.25) is 13.9 Å². The zero-order valence-electron chi connectivity index (χ0n) is 22.2. The van der Waals surface area contributed by atoms with Crippen molar-refractivity contribution in [1.29, 1.82) is 0 Å². The quantitative estimate of drug-likeness (QED) is 0.389. The molecule has 38 heavy (non-hydrogen) atoms. The third-order valence-corrected chi connectivity index (χ3v) is 7.80. The molecular weight excluding hydrogens is 506 g/mol. The molecule has 0 aromatic heterocycles. The molecule has 0 atom stereocenters. The molecule has 10 heteroatoms. The molecule has 0 saturated heterocycles. The van der Waals surface area contributed by atoms with E-state index in [1.54, 1.807) is 53.4 Å². The van der Waals surface area contributed by atoms with Gasteiger partial charge in [-0.15, -0.1) is 0 Å². The standard InChI is InChI=1S/C28H33N3O6S/c1-6-30(7-2)28(33)23-10-8-9-11-24(23)29-27(32)19-31(21-14-12-20(3)13-15-21)38(34,35)22-16-17-25(36-4)26(18-22)37-5/h8-18H,6-7,19H2,1-5H3,(H,29,32). The molecule has 0 aliphatic rings. The van der Waals surface area contributed by atoms with E-state index in [1.165, 1.54) is 32.4 Å². The smallest absolute Gasteiger partial charge is 0.264 e. The van der Waals surface area contributed by atoms with Gasteiger partial charge in [-0.05, 0) is 57.2 Å². The van der Waals surface area contributed by atoms with Gasteiger partial charge in [0.1, 0.15) is 6.54 Å². The van der Waals surface area contributed by atoms with Gasteiger partial charge in [0.25, 0.3) is 15.9 Å². The van der Waals surface area contributed by atoms with E-state index < -0.39 is 22.5 Å². The lowest BCUT2D eigenvalue weighted by atomic mass is 10.1. The molecule has 0 fully saturated rings. The molecule has 1 N–H and O–H groups in total. The SMILES string of the molecule is CCN(CC)C(=O)c1ccccc1NC(=O)CN(c1ccc(C)cc1)S(=O)(=O)c1ccc(OC)c(OC)c1. The molecule has 0 radical (unpaired) electrons. The molecule has 0 saturated carbocycles. The fourth-order valence-electron chi connectivity index (χ4n) is 3.91. The average molecular weight is 540 g/mol. The van der Waals surface area contributed by atoms with Crippen LogP contribution in [-0.2, 0) is 14.8 Å². The summed E-state index contributed by atoms with van der Waals surface area (Å²) in [6.07, 6.45) is 0. The van der Waals surface area contributed by atoms with Gasteiger partial charge in [0, 0.05) is 19.2 Å². The van der Waals surface area contributed by atoms with Crippen LogP contribution in [0.2, 0.25) is 0 Å². The van der Waals surface area contributed by atoms with Crippen molar-refractivity contribution in [2.24, 2.45) is 0 Å². The molecule has 0 aliphatic carbocycles. The molecule has 2 amide bonds. The topological polar surface area (TPSA) is 105 Å². The zero-order valence-corrected chi connectivity index (χ0v) is 23.0. The molecule has 3 aromatic carbocycles. The summed E-state index contributed by atoms with van der Waals surface area (Å²) in [4.78, 5) is 27.8. The molecular formula is C28H33N3O6S. The normalized spacial score (nSPS) is 11.0. The first-order chi connectivity index (χ1) is 18.2. The maximum atomic E-state index is 13.8. The second-order valence-electron chi connectivity index (χ2n) is 8.44. The molecule has 0 aliphatic heterocycles. The predicted molar refractivity (Wildman–Crippen MR) is 148 cm³/mol. The van der Waals surface area contributed by atoms with Gasteiger partial charge >= 0.3 is 0 Å². The highest BCUT2D eigenvalue weighted by Gasteiger charge is 2.29. The lowest BCUT2D eigenvalue weighted by molar-refractivity contribution is -0.114. The third-order valence-electron chi connectivity index (χ3n) is 6.03. The van der Waals surface area contributed by atoms with Gasteiger partial charge in [0.15, 0.2) is 11.5 Å². The minimum absolute atomic E-state index is 0.0689. The van der Waals surface area contributed by atoms with Crippen molar-refractivity contribution in [1.82, 2.24) is 4.90 Å². The van der Waals surface area contributed by atoms with Crippen molar-refractivity contribution in [3.8, 4) is 11.5 Å². The number of hydrogen-bond donors (Lipinski definition) is 1. The number of hydrogen-bond acceptors (Lipinski definition) is 6. The number of para-hydroxylation sites is 1. The Labute approximate surface area is 224 Å². The Balaban J connectivity index is 1.98. The number of amides is 2. The summed E-state index contributed by atoms with van der Waals surface area (Å²) in [6, 6.07) is 17.7. The summed E-state index contributed by atoms with van der Waals surface area (Å²) in [5.41, 5.74) is 1.88. The number of methoxy groups -OCH3 is 2. The number of aryl methyl sites for hydroxylation is 1. The highest BCUT2D eigenvalue weighted by Crippen LogP contribution is 2.32. The van der Waals surface area contributed by atoms with Gasteiger partial charge in [-0.2, -0.15) is 0 Å². The van der Waals surface area contributed by atoms with E-state index in [0.717, 1.165) is 9.87 Å². The molecule has 3 rings (SSSR count). The Morgan fingerprint density at radius 1 is 0.868 bits per heavy atom. The number of sulfonamides is 1. The van der Waals surface area contributed by atoms with Crippen LogP contribution in [0.15, 0.2) is 71.6 Å². The predicted octanol–water partition coefficient (Wildman–Crippen LogP) is 4.33. The lowest BCUT2D eigenvalue weighted by Gasteiger charge is -2.25. The van der Waals surface area contributed by atoms with Crippen molar-refractivity contribution in [3.05, 3.63) is 77.9 Å². The number of carbonyl (C=O) groups excluding carboxylic acids is 2. The minimum atomic E-state index is -4.20. The zero-order chi connectivity index (χ0) is 27.9. The number of carbonyl (C=O) groups is 2. The summed E-state index contributed by atoms with van der Waals surface area (Å²) in [5, 5.41) is 2.73. The van der Waals surface area contributed by atoms with E-state index in [4.69, 9.17) is 9.47 Å². The Morgan fingerprint density at radius 2 is 1.50 bits per heavy atom. The van der Waals surface area contributed by atoms with E-state index in [-0.39, 0.29) is 16.6 Å². The number of ether oxygens (including phenoxy) is 2. The van der Waals surface area contributed by atoms with E-state index in [0.29, 0.717) is 35.8 Å². The molecule has 3 aromatic rings.